The molecule has 21 heavy (non-hydrogen) atoms. The molecule has 2 saturated heterocycles. The molecule has 2 fully saturated rings. The van der Waals surface area contributed by atoms with Gasteiger partial charge in [0.25, 0.3) is 10.0 Å². The summed E-state index contributed by atoms with van der Waals surface area (Å²) < 4.78 is 27.0. The fourth-order valence-corrected chi connectivity index (χ4v) is 6.10. The van der Waals surface area contributed by atoms with Crippen molar-refractivity contribution < 1.29 is 18.3 Å². The van der Waals surface area contributed by atoms with Gasteiger partial charge in [-0.15, -0.1) is 11.3 Å². The highest BCUT2D eigenvalue weighted by Crippen LogP contribution is 2.31. The maximum Gasteiger partial charge on any atom is 0.346 e. The van der Waals surface area contributed by atoms with Gasteiger partial charge in [-0.25, -0.2) is 13.2 Å². The first kappa shape index (κ1) is 15.0. The number of sulfonamides is 1. The maximum atomic E-state index is 12.7. The molecule has 0 bridgehead atoms. The van der Waals surface area contributed by atoms with Gasteiger partial charge < -0.3 is 5.11 Å². The molecule has 2 aliphatic rings. The van der Waals surface area contributed by atoms with Crippen LogP contribution >= 0.6 is 11.3 Å². The number of carboxylic acid groups (broad SMARTS) is 1. The fourth-order valence-electron chi connectivity index (χ4n) is 3.10. The number of aromatic carboxylic acids is 1. The van der Waals surface area contributed by atoms with Crippen molar-refractivity contribution in [3.05, 3.63) is 16.5 Å². The molecular weight excluding hydrogens is 312 g/mol. The minimum absolute atomic E-state index is 0.105. The van der Waals surface area contributed by atoms with Crippen LogP contribution in [0.5, 0.6) is 0 Å². The third kappa shape index (κ3) is 2.61. The molecule has 1 N–H and O–H groups in total. The zero-order valence-electron chi connectivity index (χ0n) is 11.8. The second kappa shape index (κ2) is 5.35. The van der Waals surface area contributed by atoms with E-state index in [9.17, 15) is 13.2 Å². The molecule has 2 aliphatic heterocycles. The number of rotatable bonds is 3. The minimum atomic E-state index is -3.57. The summed E-state index contributed by atoms with van der Waals surface area (Å²) in [5, 5.41) is 9.07. The first-order chi connectivity index (χ1) is 9.89. The van der Waals surface area contributed by atoms with Crippen molar-refractivity contribution in [2.24, 2.45) is 0 Å². The highest BCUT2D eigenvalue weighted by molar-refractivity contribution is 7.91. The lowest BCUT2D eigenvalue weighted by atomic mass is 10.2. The van der Waals surface area contributed by atoms with E-state index in [0.29, 0.717) is 24.7 Å². The lowest BCUT2D eigenvalue weighted by molar-refractivity contribution is 0.0701. The molecule has 1 aromatic heterocycles. The SMILES string of the molecule is Cc1cc(S(=O)(=O)N2CCN3CCCC3C2)sc1C(=O)O. The Morgan fingerprint density at radius 2 is 2.14 bits per heavy atom. The van der Waals surface area contributed by atoms with Crippen molar-refractivity contribution in [3.8, 4) is 0 Å². The van der Waals surface area contributed by atoms with Crippen LogP contribution in [0.4, 0.5) is 0 Å². The van der Waals surface area contributed by atoms with E-state index in [1.165, 1.54) is 10.4 Å². The van der Waals surface area contributed by atoms with Crippen LogP contribution in [-0.4, -0.2) is 60.9 Å². The highest BCUT2D eigenvalue weighted by Gasteiger charge is 2.37. The number of nitrogens with zero attached hydrogens (tertiary/aromatic N) is 2. The largest absolute Gasteiger partial charge is 0.477 e. The van der Waals surface area contributed by atoms with E-state index >= 15 is 0 Å². The summed E-state index contributed by atoms with van der Waals surface area (Å²) in [6.45, 7) is 4.45. The standard InChI is InChI=1S/C13H18N2O4S2/c1-9-7-11(20-12(9)13(16)17)21(18,19)15-6-5-14-4-2-3-10(14)8-15/h7,10H,2-6,8H2,1H3,(H,16,17). The summed E-state index contributed by atoms with van der Waals surface area (Å²) >= 11 is 0.851. The van der Waals surface area contributed by atoms with Gasteiger partial charge in [0, 0.05) is 25.7 Å². The van der Waals surface area contributed by atoms with Crippen LogP contribution in [0.15, 0.2) is 10.3 Å². The topological polar surface area (TPSA) is 77.9 Å². The van der Waals surface area contributed by atoms with Crippen LogP contribution in [0.3, 0.4) is 0 Å². The molecule has 1 unspecified atom stereocenters. The summed E-state index contributed by atoms with van der Waals surface area (Å²) in [7, 11) is -3.57. The van der Waals surface area contributed by atoms with Gasteiger partial charge in [0.1, 0.15) is 9.09 Å². The third-order valence-corrected chi connectivity index (χ3v) is 7.77. The number of hydrogen-bond donors (Lipinski definition) is 1. The Balaban J connectivity index is 1.86. The third-order valence-electron chi connectivity index (χ3n) is 4.23. The molecule has 3 heterocycles. The molecule has 8 heteroatoms. The molecule has 0 radical (unpaired) electrons. The number of hydrogen-bond acceptors (Lipinski definition) is 5. The van der Waals surface area contributed by atoms with E-state index in [1.54, 1.807) is 6.92 Å². The van der Waals surface area contributed by atoms with E-state index < -0.39 is 16.0 Å². The number of carbonyl (C=O) groups is 1. The first-order valence-electron chi connectivity index (χ1n) is 6.97. The van der Waals surface area contributed by atoms with Crippen molar-refractivity contribution in [2.75, 3.05) is 26.2 Å². The predicted octanol–water partition coefficient (Wildman–Crippen LogP) is 1.22. The maximum absolute atomic E-state index is 12.7. The molecule has 0 amide bonds. The van der Waals surface area contributed by atoms with Gasteiger partial charge in [0.15, 0.2) is 0 Å². The molecule has 0 saturated carbocycles. The molecule has 1 aromatic rings. The first-order valence-corrected chi connectivity index (χ1v) is 9.23. The molecule has 116 valence electrons. The van der Waals surface area contributed by atoms with Crippen LogP contribution in [0.2, 0.25) is 0 Å². The Hall–Kier alpha value is -0.960. The van der Waals surface area contributed by atoms with Crippen molar-refractivity contribution >= 4 is 27.3 Å². The van der Waals surface area contributed by atoms with Crippen molar-refractivity contribution in [1.82, 2.24) is 9.21 Å². The number of aryl methyl sites for hydroxylation is 1. The Morgan fingerprint density at radius 1 is 1.38 bits per heavy atom. The Labute approximate surface area is 128 Å². The summed E-state index contributed by atoms with van der Waals surface area (Å²) in [5.41, 5.74) is 0.505. The van der Waals surface area contributed by atoms with Gasteiger partial charge in [-0.05, 0) is 37.9 Å². The van der Waals surface area contributed by atoms with E-state index in [2.05, 4.69) is 4.90 Å². The lowest BCUT2D eigenvalue weighted by Crippen LogP contribution is -2.51. The van der Waals surface area contributed by atoms with Gasteiger partial charge in [-0.3, -0.25) is 4.90 Å². The second-order valence-corrected chi connectivity index (χ2v) is 8.79. The molecule has 0 aliphatic carbocycles. The quantitative estimate of drug-likeness (QED) is 0.902. The second-order valence-electron chi connectivity index (χ2n) is 5.58. The lowest BCUT2D eigenvalue weighted by Gasteiger charge is -2.36. The van der Waals surface area contributed by atoms with Crippen LogP contribution in [0, 0.1) is 6.92 Å². The van der Waals surface area contributed by atoms with Crippen LogP contribution < -0.4 is 0 Å². The molecule has 6 nitrogen and oxygen atoms in total. The zero-order chi connectivity index (χ0) is 15.2. The number of piperazine rings is 1. The van der Waals surface area contributed by atoms with Gasteiger partial charge in [0.2, 0.25) is 0 Å². The molecular formula is C13H18N2O4S2. The van der Waals surface area contributed by atoms with Crippen LogP contribution in [-0.2, 0) is 10.0 Å². The zero-order valence-corrected chi connectivity index (χ0v) is 13.4. The average molecular weight is 330 g/mol. The summed E-state index contributed by atoms with van der Waals surface area (Å²) in [6.07, 6.45) is 2.16. The molecule has 3 rings (SSSR count). The molecule has 0 spiro atoms. The van der Waals surface area contributed by atoms with Gasteiger partial charge >= 0.3 is 5.97 Å². The van der Waals surface area contributed by atoms with Gasteiger partial charge in [0.05, 0.1) is 0 Å². The summed E-state index contributed by atoms with van der Waals surface area (Å²) in [6, 6.07) is 1.79. The highest BCUT2D eigenvalue weighted by atomic mass is 32.2. The monoisotopic (exact) mass is 330 g/mol. The molecule has 1 atom stereocenters. The Bertz CT molecular complexity index is 668. The van der Waals surface area contributed by atoms with Gasteiger partial charge in [-0.1, -0.05) is 0 Å². The van der Waals surface area contributed by atoms with Crippen molar-refractivity contribution in [2.45, 2.75) is 30.0 Å². The number of thiophene rings is 1. The smallest absolute Gasteiger partial charge is 0.346 e. The predicted molar refractivity (Wildman–Crippen MR) is 79.4 cm³/mol. The Morgan fingerprint density at radius 3 is 2.81 bits per heavy atom. The van der Waals surface area contributed by atoms with Crippen LogP contribution in [0.25, 0.3) is 0 Å². The normalized spacial score (nSPS) is 24.1. The van der Waals surface area contributed by atoms with Crippen LogP contribution in [0.1, 0.15) is 28.1 Å². The van der Waals surface area contributed by atoms with E-state index in [-0.39, 0.29) is 9.09 Å². The fraction of sp³-hybridized carbons (Fsp3) is 0.615. The minimum Gasteiger partial charge on any atom is -0.477 e. The van der Waals surface area contributed by atoms with E-state index in [4.69, 9.17) is 5.11 Å². The van der Waals surface area contributed by atoms with Crippen molar-refractivity contribution in [3.63, 3.8) is 0 Å². The van der Waals surface area contributed by atoms with E-state index in [1.807, 2.05) is 0 Å². The number of fused-ring (bicyclic) bond motifs is 1. The summed E-state index contributed by atoms with van der Waals surface area (Å²) in [5.74, 6) is -1.07. The van der Waals surface area contributed by atoms with E-state index in [0.717, 1.165) is 37.3 Å². The average Bonchev–Trinajstić information content (AvgIpc) is 3.03. The summed E-state index contributed by atoms with van der Waals surface area (Å²) in [4.78, 5) is 13.5. The molecule has 0 aromatic carbocycles. The number of carboxylic acids is 1. The Kier molecular flexibility index (Phi) is 3.81. The van der Waals surface area contributed by atoms with Gasteiger partial charge in [-0.2, -0.15) is 4.31 Å². The van der Waals surface area contributed by atoms with Crippen molar-refractivity contribution in [1.29, 1.82) is 0 Å².